The standard InChI is InChI=1S/C24H21N3OS/c28-24(25-16-22-26-21(17-29-22)18-10-4-1-5-11-18)27-23(19-12-6-2-7-13-19)20-14-8-3-9-15-20/h1-15,17,23H,16H2,(H2,25,27,28). The number of amides is 2. The van der Waals surface area contributed by atoms with Crippen LogP contribution >= 0.6 is 11.3 Å². The van der Waals surface area contributed by atoms with Crippen molar-refractivity contribution in [3.63, 3.8) is 0 Å². The first-order valence-electron chi connectivity index (χ1n) is 9.44. The van der Waals surface area contributed by atoms with Gasteiger partial charge in [0.1, 0.15) is 5.01 Å². The predicted octanol–water partition coefficient (Wildman–Crippen LogP) is 5.40. The largest absolute Gasteiger partial charge is 0.332 e. The predicted molar refractivity (Wildman–Crippen MR) is 118 cm³/mol. The lowest BCUT2D eigenvalue weighted by atomic mass is 9.99. The van der Waals surface area contributed by atoms with Crippen LogP contribution in [0.25, 0.3) is 11.3 Å². The lowest BCUT2D eigenvalue weighted by Crippen LogP contribution is -2.38. The molecule has 144 valence electrons. The third-order valence-electron chi connectivity index (χ3n) is 4.56. The van der Waals surface area contributed by atoms with Crippen molar-refractivity contribution in [2.45, 2.75) is 12.6 Å². The van der Waals surface area contributed by atoms with E-state index in [0.29, 0.717) is 6.54 Å². The summed E-state index contributed by atoms with van der Waals surface area (Å²) in [6.45, 7) is 0.389. The molecule has 1 aromatic heterocycles. The van der Waals surface area contributed by atoms with E-state index < -0.39 is 0 Å². The lowest BCUT2D eigenvalue weighted by Gasteiger charge is -2.20. The van der Waals surface area contributed by atoms with E-state index >= 15 is 0 Å². The summed E-state index contributed by atoms with van der Waals surface area (Å²) in [7, 11) is 0. The first-order valence-corrected chi connectivity index (χ1v) is 10.3. The van der Waals surface area contributed by atoms with Crippen LogP contribution in [0, 0.1) is 0 Å². The van der Waals surface area contributed by atoms with Gasteiger partial charge >= 0.3 is 6.03 Å². The van der Waals surface area contributed by atoms with Crippen molar-refractivity contribution in [3.8, 4) is 11.3 Å². The normalized spacial score (nSPS) is 10.7. The molecule has 0 aliphatic rings. The third kappa shape index (κ3) is 4.89. The third-order valence-corrected chi connectivity index (χ3v) is 5.41. The zero-order chi connectivity index (χ0) is 19.9. The zero-order valence-electron chi connectivity index (χ0n) is 15.8. The summed E-state index contributed by atoms with van der Waals surface area (Å²) in [5.74, 6) is 0. The number of nitrogens with one attached hydrogen (secondary N) is 2. The molecule has 2 amide bonds. The highest BCUT2D eigenvalue weighted by Crippen LogP contribution is 2.23. The summed E-state index contributed by atoms with van der Waals surface area (Å²) in [5.41, 5.74) is 4.08. The van der Waals surface area contributed by atoms with Gasteiger partial charge in [0.15, 0.2) is 0 Å². The topological polar surface area (TPSA) is 54.0 Å². The van der Waals surface area contributed by atoms with Crippen LogP contribution in [0.4, 0.5) is 4.79 Å². The average Bonchev–Trinajstić information content (AvgIpc) is 3.27. The Hall–Kier alpha value is -3.44. The fourth-order valence-electron chi connectivity index (χ4n) is 3.12. The Balaban J connectivity index is 1.42. The average molecular weight is 400 g/mol. The summed E-state index contributed by atoms with van der Waals surface area (Å²) in [4.78, 5) is 17.2. The number of hydrogen-bond acceptors (Lipinski definition) is 3. The number of hydrogen-bond donors (Lipinski definition) is 2. The minimum Gasteiger partial charge on any atom is -0.332 e. The summed E-state index contributed by atoms with van der Waals surface area (Å²) in [6, 6.07) is 29.5. The molecule has 3 aromatic carbocycles. The van der Waals surface area contributed by atoms with Gasteiger partial charge in [0.2, 0.25) is 0 Å². The fourth-order valence-corrected chi connectivity index (χ4v) is 3.86. The first-order chi connectivity index (χ1) is 14.3. The SMILES string of the molecule is O=C(NCc1nc(-c2ccccc2)cs1)NC(c1ccccc1)c1ccccc1. The van der Waals surface area contributed by atoms with E-state index in [1.165, 1.54) is 0 Å². The number of urea groups is 1. The summed E-state index contributed by atoms with van der Waals surface area (Å²) >= 11 is 1.54. The first kappa shape index (κ1) is 18.9. The van der Waals surface area contributed by atoms with Crippen LogP contribution in [-0.4, -0.2) is 11.0 Å². The van der Waals surface area contributed by atoms with Crippen molar-refractivity contribution in [2.75, 3.05) is 0 Å². The molecule has 1 heterocycles. The maximum absolute atomic E-state index is 12.6. The van der Waals surface area contributed by atoms with Crippen LogP contribution in [-0.2, 0) is 6.54 Å². The summed E-state index contributed by atoms with van der Waals surface area (Å²) < 4.78 is 0. The Morgan fingerprint density at radius 1 is 0.828 bits per heavy atom. The second kappa shape index (κ2) is 9.17. The van der Waals surface area contributed by atoms with Crippen molar-refractivity contribution >= 4 is 17.4 Å². The van der Waals surface area contributed by atoms with Gasteiger partial charge in [0.25, 0.3) is 0 Å². The smallest absolute Gasteiger partial charge is 0.315 e. The van der Waals surface area contributed by atoms with Crippen molar-refractivity contribution in [1.29, 1.82) is 0 Å². The maximum Gasteiger partial charge on any atom is 0.315 e. The summed E-state index contributed by atoms with van der Waals surface area (Å²) in [6.07, 6.45) is 0. The molecule has 0 spiro atoms. The van der Waals surface area contributed by atoms with Gasteiger partial charge in [-0.2, -0.15) is 0 Å². The van der Waals surface area contributed by atoms with Gasteiger partial charge in [-0.15, -0.1) is 11.3 Å². The molecule has 0 atom stereocenters. The second-order valence-electron chi connectivity index (χ2n) is 6.57. The maximum atomic E-state index is 12.6. The molecule has 0 radical (unpaired) electrons. The molecule has 0 bridgehead atoms. The molecule has 4 aromatic rings. The van der Waals surface area contributed by atoms with E-state index in [-0.39, 0.29) is 12.1 Å². The number of aromatic nitrogens is 1. The number of carbonyl (C=O) groups excluding carboxylic acids is 1. The molecule has 4 rings (SSSR count). The molecular formula is C24H21N3OS. The Bertz CT molecular complexity index is 1010. The van der Waals surface area contributed by atoms with E-state index in [9.17, 15) is 4.79 Å². The Morgan fingerprint density at radius 3 is 1.97 bits per heavy atom. The highest BCUT2D eigenvalue weighted by atomic mass is 32.1. The van der Waals surface area contributed by atoms with Crippen LogP contribution in [0.3, 0.4) is 0 Å². The molecule has 0 saturated carbocycles. The van der Waals surface area contributed by atoms with Crippen molar-refractivity contribution in [2.24, 2.45) is 0 Å². The van der Waals surface area contributed by atoms with Crippen molar-refractivity contribution < 1.29 is 4.79 Å². The van der Waals surface area contributed by atoms with Gasteiger partial charge in [-0.25, -0.2) is 9.78 Å². The Kier molecular flexibility index (Phi) is 5.98. The van der Waals surface area contributed by atoms with E-state index in [0.717, 1.165) is 27.4 Å². The minimum atomic E-state index is -0.223. The highest BCUT2D eigenvalue weighted by Gasteiger charge is 2.16. The molecule has 2 N–H and O–H groups in total. The Morgan fingerprint density at radius 2 is 1.38 bits per heavy atom. The number of nitrogens with zero attached hydrogens (tertiary/aromatic N) is 1. The van der Waals surface area contributed by atoms with Crippen LogP contribution < -0.4 is 10.6 Å². The minimum absolute atomic E-state index is 0.214. The Labute approximate surface area is 174 Å². The van der Waals surface area contributed by atoms with E-state index in [1.54, 1.807) is 11.3 Å². The van der Waals surface area contributed by atoms with E-state index in [4.69, 9.17) is 0 Å². The number of carbonyl (C=O) groups is 1. The monoisotopic (exact) mass is 399 g/mol. The molecule has 0 aliphatic carbocycles. The van der Waals surface area contributed by atoms with Crippen LogP contribution in [0.5, 0.6) is 0 Å². The highest BCUT2D eigenvalue weighted by molar-refractivity contribution is 7.09. The molecule has 0 saturated heterocycles. The van der Waals surface area contributed by atoms with Gasteiger partial charge in [-0.3, -0.25) is 0 Å². The van der Waals surface area contributed by atoms with Crippen LogP contribution in [0.1, 0.15) is 22.2 Å². The second-order valence-corrected chi connectivity index (χ2v) is 7.52. The van der Waals surface area contributed by atoms with Gasteiger partial charge in [-0.1, -0.05) is 91.0 Å². The molecule has 0 unspecified atom stereocenters. The fraction of sp³-hybridized carbons (Fsp3) is 0.0833. The number of benzene rings is 3. The lowest BCUT2D eigenvalue weighted by molar-refractivity contribution is 0.238. The zero-order valence-corrected chi connectivity index (χ0v) is 16.6. The molecular weight excluding hydrogens is 378 g/mol. The molecule has 29 heavy (non-hydrogen) atoms. The van der Waals surface area contributed by atoms with Crippen molar-refractivity contribution in [3.05, 3.63) is 113 Å². The van der Waals surface area contributed by atoms with Crippen molar-refractivity contribution in [1.82, 2.24) is 15.6 Å². The molecule has 4 nitrogen and oxygen atoms in total. The van der Waals surface area contributed by atoms with Gasteiger partial charge < -0.3 is 10.6 Å². The molecule has 0 aliphatic heterocycles. The summed E-state index contributed by atoms with van der Waals surface area (Å²) in [5, 5.41) is 8.90. The van der Waals surface area contributed by atoms with Gasteiger partial charge in [0, 0.05) is 10.9 Å². The number of thiazole rings is 1. The molecule has 0 fully saturated rings. The van der Waals surface area contributed by atoms with Gasteiger partial charge in [0.05, 0.1) is 18.3 Å². The molecule has 5 heteroatoms. The number of rotatable bonds is 6. The van der Waals surface area contributed by atoms with Gasteiger partial charge in [-0.05, 0) is 11.1 Å². The quantitative estimate of drug-likeness (QED) is 0.456. The van der Waals surface area contributed by atoms with E-state index in [1.807, 2.05) is 96.4 Å². The van der Waals surface area contributed by atoms with Crippen LogP contribution in [0.2, 0.25) is 0 Å². The van der Waals surface area contributed by atoms with E-state index in [2.05, 4.69) is 15.6 Å². The van der Waals surface area contributed by atoms with Crippen LogP contribution in [0.15, 0.2) is 96.4 Å².